The van der Waals surface area contributed by atoms with E-state index in [-0.39, 0.29) is 24.0 Å². The van der Waals surface area contributed by atoms with Gasteiger partial charge in [0.05, 0.1) is 11.7 Å². The Morgan fingerprint density at radius 3 is 2.70 bits per heavy atom. The van der Waals surface area contributed by atoms with Crippen LogP contribution in [-0.4, -0.2) is 52.4 Å². The number of amides is 1. The number of fused-ring (bicyclic) bond motifs is 3. The standard InChI is InChI=1S/C31H28F6N6O/c32-18-7-15(8-19(33)11-18)9-23(26-20(4-2-5-38-26)17-10-16-3-1-6-39-30(16)40-13-17)41-24(44)14-43-28-25(27(42-43)29(34)35)21-12-22(21)31(28,36)37/h2,4-5,7-8,10-11,13,21-23,27,29,42H,1,3,6,9,12,14H2,(H,39,40)(H,41,44)/t21?,22?,23-,27?/m0/s1. The Morgan fingerprint density at radius 1 is 1.14 bits per heavy atom. The van der Waals surface area contributed by atoms with Crippen molar-refractivity contribution in [2.24, 2.45) is 11.8 Å². The highest BCUT2D eigenvalue weighted by Crippen LogP contribution is 2.65. The molecule has 1 amide bonds. The lowest BCUT2D eigenvalue weighted by molar-refractivity contribution is -0.124. The number of aromatic nitrogens is 2. The summed E-state index contributed by atoms with van der Waals surface area (Å²) < 4.78 is 86.2. The number of hydrazine groups is 1. The molecule has 0 saturated heterocycles. The third-order valence-electron chi connectivity index (χ3n) is 8.76. The lowest BCUT2D eigenvalue weighted by Gasteiger charge is -2.29. The van der Waals surface area contributed by atoms with E-state index < -0.39 is 66.1 Å². The molecule has 0 spiro atoms. The SMILES string of the molecule is O=C(CN1NC(C(F)F)C2=C1C(F)(F)C1CC21)N[C@@H](Cc1cc(F)cc(F)c1)c1ncccc1-c1cnc2c(c1)CCCN2. The fourth-order valence-electron chi connectivity index (χ4n) is 6.81. The number of allylic oxidation sites excluding steroid dienone is 1. The van der Waals surface area contributed by atoms with Gasteiger partial charge in [-0.1, -0.05) is 6.07 Å². The van der Waals surface area contributed by atoms with Crippen molar-refractivity contribution < 1.29 is 31.1 Å². The number of benzene rings is 1. The number of aryl methyl sites for hydroxylation is 1. The van der Waals surface area contributed by atoms with Crippen LogP contribution in [0.5, 0.6) is 0 Å². The molecule has 1 saturated carbocycles. The maximum Gasteiger partial charge on any atom is 0.292 e. The zero-order chi connectivity index (χ0) is 30.7. The fraction of sp³-hybridized carbons (Fsp3) is 0.387. The second-order valence-electron chi connectivity index (χ2n) is 11.7. The van der Waals surface area contributed by atoms with Crippen LogP contribution >= 0.6 is 0 Å². The van der Waals surface area contributed by atoms with Crippen molar-refractivity contribution in [2.45, 2.75) is 50.1 Å². The molecule has 3 N–H and O–H groups in total. The Hall–Kier alpha value is -4.13. The average molecular weight is 615 g/mol. The van der Waals surface area contributed by atoms with Gasteiger partial charge in [-0.15, -0.1) is 0 Å². The highest BCUT2D eigenvalue weighted by atomic mass is 19.3. The van der Waals surface area contributed by atoms with E-state index in [1.54, 1.807) is 18.3 Å². The highest BCUT2D eigenvalue weighted by Gasteiger charge is 2.70. The molecule has 4 atom stereocenters. The third kappa shape index (κ3) is 5.06. The largest absolute Gasteiger partial charge is 0.370 e. The molecule has 3 unspecified atom stereocenters. The molecule has 7 rings (SSSR count). The van der Waals surface area contributed by atoms with Crippen LogP contribution in [-0.2, 0) is 17.6 Å². The number of hydrogen-bond acceptors (Lipinski definition) is 6. The van der Waals surface area contributed by atoms with Crippen LogP contribution < -0.4 is 16.1 Å². The molecule has 4 heterocycles. The fourth-order valence-corrected chi connectivity index (χ4v) is 6.81. The van der Waals surface area contributed by atoms with E-state index >= 15 is 8.78 Å². The second kappa shape index (κ2) is 10.8. The monoisotopic (exact) mass is 614 g/mol. The van der Waals surface area contributed by atoms with Crippen LogP contribution in [0, 0.1) is 23.5 Å². The predicted octanol–water partition coefficient (Wildman–Crippen LogP) is 5.17. The number of pyridine rings is 2. The van der Waals surface area contributed by atoms with Crippen LogP contribution in [0.1, 0.15) is 35.7 Å². The summed E-state index contributed by atoms with van der Waals surface area (Å²) in [7, 11) is 0. The molecule has 2 aliphatic carbocycles. The van der Waals surface area contributed by atoms with Gasteiger partial charge in [-0.2, -0.15) is 8.78 Å². The van der Waals surface area contributed by atoms with Gasteiger partial charge < -0.3 is 10.6 Å². The summed E-state index contributed by atoms with van der Waals surface area (Å²) in [5, 5.41) is 6.85. The van der Waals surface area contributed by atoms with Crippen molar-refractivity contribution >= 4 is 11.7 Å². The molecule has 2 aliphatic heterocycles. The predicted molar refractivity (Wildman–Crippen MR) is 148 cm³/mol. The first-order valence-electron chi connectivity index (χ1n) is 14.5. The number of rotatable bonds is 8. The second-order valence-corrected chi connectivity index (χ2v) is 11.7. The molecule has 13 heteroatoms. The summed E-state index contributed by atoms with van der Waals surface area (Å²) in [5.41, 5.74) is 4.74. The first-order chi connectivity index (χ1) is 21.1. The van der Waals surface area contributed by atoms with Crippen molar-refractivity contribution in [3.05, 3.63) is 88.5 Å². The van der Waals surface area contributed by atoms with Gasteiger partial charge in [-0.25, -0.2) is 28.0 Å². The van der Waals surface area contributed by atoms with E-state index in [1.807, 2.05) is 6.07 Å². The molecule has 4 aliphatic rings. The summed E-state index contributed by atoms with van der Waals surface area (Å²) in [4.78, 5) is 22.5. The van der Waals surface area contributed by atoms with Crippen LogP contribution in [0.15, 0.2) is 60.1 Å². The first-order valence-corrected chi connectivity index (χ1v) is 14.5. The zero-order valence-electron chi connectivity index (χ0n) is 23.3. The number of nitrogens with zero attached hydrogens (tertiary/aromatic N) is 3. The first kappa shape index (κ1) is 28.6. The van der Waals surface area contributed by atoms with E-state index in [2.05, 4.69) is 26.0 Å². The van der Waals surface area contributed by atoms with Crippen LogP contribution in [0.3, 0.4) is 0 Å². The molecule has 7 nitrogen and oxygen atoms in total. The number of carbonyl (C=O) groups excluding carboxylic acids is 1. The topological polar surface area (TPSA) is 82.2 Å². The molecule has 3 aromatic rings. The van der Waals surface area contributed by atoms with E-state index in [9.17, 15) is 22.4 Å². The zero-order valence-corrected chi connectivity index (χ0v) is 23.3. The normalized spacial score (nSPS) is 23.6. The van der Waals surface area contributed by atoms with Crippen molar-refractivity contribution in [3.8, 4) is 11.1 Å². The number of carbonyl (C=O) groups is 1. The van der Waals surface area contributed by atoms with Crippen LogP contribution in [0.4, 0.5) is 32.2 Å². The Morgan fingerprint density at radius 2 is 1.93 bits per heavy atom. The summed E-state index contributed by atoms with van der Waals surface area (Å²) >= 11 is 0. The Labute approximate surface area is 248 Å². The molecular formula is C31H28F6N6O. The number of nitrogens with one attached hydrogen (secondary N) is 3. The van der Waals surface area contributed by atoms with Gasteiger partial charge in [0.15, 0.2) is 0 Å². The average Bonchev–Trinajstić information content (AvgIpc) is 3.64. The van der Waals surface area contributed by atoms with Crippen molar-refractivity contribution in [1.29, 1.82) is 0 Å². The highest BCUT2D eigenvalue weighted by molar-refractivity contribution is 5.80. The number of hydrogen-bond donors (Lipinski definition) is 3. The maximum absolute atomic E-state index is 15.1. The van der Waals surface area contributed by atoms with Gasteiger partial charge in [0, 0.05) is 42.0 Å². The number of anilines is 1. The van der Waals surface area contributed by atoms with E-state index in [1.165, 1.54) is 6.20 Å². The molecule has 44 heavy (non-hydrogen) atoms. The third-order valence-corrected chi connectivity index (χ3v) is 8.76. The van der Waals surface area contributed by atoms with Gasteiger partial charge in [-0.3, -0.25) is 14.8 Å². The van der Waals surface area contributed by atoms with Crippen LogP contribution in [0.25, 0.3) is 11.1 Å². The Kier molecular flexibility index (Phi) is 7.02. The lowest BCUT2D eigenvalue weighted by atomic mass is 9.94. The molecular weight excluding hydrogens is 586 g/mol. The Bertz CT molecular complexity index is 1640. The quantitative estimate of drug-likeness (QED) is 0.304. The summed E-state index contributed by atoms with van der Waals surface area (Å²) in [5.74, 6) is -6.60. The molecule has 230 valence electrons. The van der Waals surface area contributed by atoms with Crippen molar-refractivity contribution in [3.63, 3.8) is 0 Å². The summed E-state index contributed by atoms with van der Waals surface area (Å²) in [6.07, 6.45) is 2.03. The van der Waals surface area contributed by atoms with E-state index in [0.29, 0.717) is 16.8 Å². The van der Waals surface area contributed by atoms with Gasteiger partial charge in [0.25, 0.3) is 12.3 Å². The van der Waals surface area contributed by atoms with Crippen molar-refractivity contribution in [1.82, 2.24) is 25.7 Å². The van der Waals surface area contributed by atoms with Gasteiger partial charge in [0.1, 0.15) is 35.7 Å². The summed E-state index contributed by atoms with van der Waals surface area (Å²) in [6.45, 7) is 0.130. The summed E-state index contributed by atoms with van der Waals surface area (Å²) in [6, 6.07) is 5.89. The lowest BCUT2D eigenvalue weighted by Crippen LogP contribution is -2.49. The minimum Gasteiger partial charge on any atom is -0.370 e. The number of alkyl halides is 4. The van der Waals surface area contributed by atoms with E-state index in [0.717, 1.165) is 54.0 Å². The number of halogens is 6. The van der Waals surface area contributed by atoms with Crippen molar-refractivity contribution in [2.75, 3.05) is 18.4 Å². The minimum atomic E-state index is -3.34. The molecule has 2 aromatic heterocycles. The molecule has 0 radical (unpaired) electrons. The van der Waals surface area contributed by atoms with Crippen LogP contribution in [0.2, 0.25) is 0 Å². The van der Waals surface area contributed by atoms with Gasteiger partial charge in [0.2, 0.25) is 5.91 Å². The van der Waals surface area contributed by atoms with E-state index in [4.69, 9.17) is 0 Å². The molecule has 1 aromatic carbocycles. The minimum absolute atomic E-state index is 0.0315. The molecule has 0 bridgehead atoms. The molecule has 1 fully saturated rings. The van der Waals surface area contributed by atoms with Gasteiger partial charge >= 0.3 is 0 Å². The van der Waals surface area contributed by atoms with Gasteiger partial charge in [-0.05, 0) is 72.6 Å². The smallest absolute Gasteiger partial charge is 0.292 e. The maximum atomic E-state index is 15.1. The Balaban J connectivity index is 1.20.